The number of carboxylic acid groups (broad SMARTS) is 2. The van der Waals surface area contributed by atoms with Gasteiger partial charge in [0, 0.05) is 39.3 Å². The first-order valence-electron chi connectivity index (χ1n) is 10.8. The number of ether oxygens (including phenoxy) is 2. The normalized spacial score (nSPS) is 16.4. The first kappa shape index (κ1) is 27.5. The van der Waals surface area contributed by atoms with Crippen molar-refractivity contribution in [2.45, 2.75) is 25.4 Å². The van der Waals surface area contributed by atoms with Crippen molar-refractivity contribution in [2.75, 3.05) is 52.5 Å². The summed E-state index contributed by atoms with van der Waals surface area (Å²) in [6.07, 6.45) is 2.16. The number of aliphatic carboxylic acids is 2. The van der Waals surface area contributed by atoms with E-state index < -0.39 is 24.1 Å². The average Bonchev–Trinajstić information content (AvgIpc) is 3.50. The van der Waals surface area contributed by atoms with E-state index in [0.717, 1.165) is 37.7 Å². The second-order valence-electron chi connectivity index (χ2n) is 7.71. The van der Waals surface area contributed by atoms with Crippen molar-refractivity contribution >= 4 is 11.9 Å². The average molecular weight is 485 g/mol. The molecule has 1 fully saturated rings. The number of rotatable bonds is 12. The highest BCUT2D eigenvalue weighted by Crippen LogP contribution is 2.07. The zero-order valence-corrected chi connectivity index (χ0v) is 18.8. The van der Waals surface area contributed by atoms with E-state index in [0.29, 0.717) is 26.3 Å². The van der Waals surface area contributed by atoms with Crippen LogP contribution < -0.4 is 0 Å². The molecule has 0 bridgehead atoms. The number of nitrogens with zero attached hydrogens (tertiary/aromatic N) is 2. The number of hydrogen-bond acceptors (Lipinski definition) is 10. The summed E-state index contributed by atoms with van der Waals surface area (Å²) in [5.74, 6) is -2.13. The van der Waals surface area contributed by atoms with Gasteiger partial charge in [-0.1, -0.05) is 0 Å². The van der Waals surface area contributed by atoms with Gasteiger partial charge in [0.25, 0.3) is 0 Å². The molecule has 0 radical (unpaired) electrons. The van der Waals surface area contributed by atoms with E-state index in [9.17, 15) is 10.2 Å². The lowest BCUT2D eigenvalue weighted by atomic mass is 10.2. The van der Waals surface area contributed by atoms with Crippen LogP contribution in [0.2, 0.25) is 0 Å². The predicted octanol–water partition coefficient (Wildman–Crippen LogP) is 0.101. The summed E-state index contributed by atoms with van der Waals surface area (Å²) in [4.78, 5) is 22.6. The van der Waals surface area contributed by atoms with E-state index in [1.54, 1.807) is 12.5 Å². The molecule has 2 atom stereocenters. The fraction of sp³-hybridized carbons (Fsp3) is 0.545. The van der Waals surface area contributed by atoms with E-state index >= 15 is 0 Å². The number of aliphatic hydroxyl groups excluding tert-OH is 2. The number of carboxylic acids is 2. The number of furan rings is 2. The Hall–Kier alpha value is -2.74. The van der Waals surface area contributed by atoms with E-state index in [4.69, 9.17) is 38.1 Å². The van der Waals surface area contributed by atoms with Crippen molar-refractivity contribution in [2.24, 2.45) is 0 Å². The number of piperazine rings is 1. The molecule has 0 amide bonds. The van der Waals surface area contributed by atoms with Crippen LogP contribution >= 0.6 is 0 Å². The van der Waals surface area contributed by atoms with Gasteiger partial charge in [-0.2, -0.15) is 0 Å². The van der Waals surface area contributed by atoms with Crippen LogP contribution in [0.3, 0.4) is 0 Å². The summed E-state index contributed by atoms with van der Waals surface area (Å²) in [7, 11) is 0. The molecule has 3 rings (SSSR count). The third kappa shape index (κ3) is 11.4. The van der Waals surface area contributed by atoms with Gasteiger partial charge in [0.2, 0.25) is 0 Å². The molecule has 3 heterocycles. The van der Waals surface area contributed by atoms with Crippen LogP contribution in [0.1, 0.15) is 11.5 Å². The van der Waals surface area contributed by atoms with Gasteiger partial charge in [0.15, 0.2) is 0 Å². The molecule has 190 valence electrons. The summed E-state index contributed by atoms with van der Waals surface area (Å²) in [5, 5.41) is 35.1. The Labute approximate surface area is 196 Å². The lowest BCUT2D eigenvalue weighted by Gasteiger charge is -2.36. The molecule has 1 aliphatic rings. The number of β-amino-alcohol motifs (C(OH)–C–C–N with tert-alkyl or cyclic N) is 2. The lowest BCUT2D eigenvalue weighted by molar-refractivity contribution is -0.159. The SMILES string of the molecule is O=C(O)C(=O)O.OC(COCc1ccco1)CN1CCN(CC(O)COCc2ccco2)CC1. The number of hydrogen-bond donors (Lipinski definition) is 4. The summed E-state index contributed by atoms with van der Waals surface area (Å²) in [6.45, 7) is 5.91. The molecule has 12 nitrogen and oxygen atoms in total. The molecule has 1 saturated heterocycles. The molecule has 2 aromatic rings. The molecule has 0 spiro atoms. The second-order valence-corrected chi connectivity index (χ2v) is 7.71. The molecule has 2 unspecified atom stereocenters. The standard InChI is InChI=1S/C20H30N2O6.C2H2O4/c23-17(13-25-15-19-3-1-9-27-19)11-21-5-7-22(8-6-21)12-18(24)14-26-16-20-4-2-10-28-20;3-1(4)2(5)6/h1-4,9-10,17-18,23-24H,5-8,11-16H2;(H,3,4)(H,5,6). The Morgan fingerprint density at radius 3 is 1.47 bits per heavy atom. The maximum Gasteiger partial charge on any atom is 0.414 e. The molecule has 0 aliphatic carbocycles. The second kappa shape index (κ2) is 15.2. The maximum absolute atomic E-state index is 10.1. The summed E-state index contributed by atoms with van der Waals surface area (Å²) < 4.78 is 21.4. The molecular weight excluding hydrogens is 452 g/mol. The Morgan fingerprint density at radius 1 is 0.794 bits per heavy atom. The molecule has 0 aromatic carbocycles. The van der Waals surface area contributed by atoms with E-state index in [2.05, 4.69) is 9.80 Å². The van der Waals surface area contributed by atoms with Crippen molar-refractivity contribution in [1.82, 2.24) is 9.80 Å². The summed E-state index contributed by atoms with van der Waals surface area (Å²) in [5.41, 5.74) is 0. The first-order valence-corrected chi connectivity index (χ1v) is 10.8. The first-order chi connectivity index (χ1) is 16.3. The van der Waals surface area contributed by atoms with Gasteiger partial charge in [-0.25, -0.2) is 9.59 Å². The van der Waals surface area contributed by atoms with Gasteiger partial charge >= 0.3 is 11.9 Å². The molecule has 12 heteroatoms. The minimum absolute atomic E-state index is 0.284. The lowest BCUT2D eigenvalue weighted by Crippen LogP contribution is -2.51. The number of carbonyl (C=O) groups is 2. The van der Waals surface area contributed by atoms with Crippen LogP contribution in [0.15, 0.2) is 45.6 Å². The van der Waals surface area contributed by atoms with Crippen molar-refractivity contribution < 1.29 is 48.3 Å². The van der Waals surface area contributed by atoms with Crippen LogP contribution in [0, 0.1) is 0 Å². The van der Waals surface area contributed by atoms with Crippen LogP contribution in [-0.2, 0) is 32.3 Å². The quantitative estimate of drug-likeness (QED) is 0.301. The Morgan fingerprint density at radius 2 is 1.18 bits per heavy atom. The maximum atomic E-state index is 10.1. The van der Waals surface area contributed by atoms with Gasteiger partial charge in [0.05, 0.1) is 37.9 Å². The largest absolute Gasteiger partial charge is 0.473 e. The summed E-state index contributed by atoms with van der Waals surface area (Å²) >= 11 is 0. The van der Waals surface area contributed by atoms with Crippen molar-refractivity contribution in [3.05, 3.63) is 48.3 Å². The Balaban J connectivity index is 0.000000604. The minimum Gasteiger partial charge on any atom is -0.473 e. The molecular formula is C22H32N2O10. The third-order valence-electron chi connectivity index (χ3n) is 4.86. The molecule has 34 heavy (non-hydrogen) atoms. The van der Waals surface area contributed by atoms with Gasteiger partial charge in [-0.15, -0.1) is 0 Å². The van der Waals surface area contributed by atoms with Gasteiger partial charge < -0.3 is 38.7 Å². The fourth-order valence-corrected chi connectivity index (χ4v) is 3.24. The van der Waals surface area contributed by atoms with Crippen LogP contribution in [-0.4, -0.2) is 107 Å². The minimum atomic E-state index is -1.82. The Bertz CT molecular complexity index is 736. The monoisotopic (exact) mass is 484 g/mol. The Kier molecular flexibility index (Phi) is 12.3. The highest BCUT2D eigenvalue weighted by molar-refractivity contribution is 6.27. The van der Waals surface area contributed by atoms with E-state index in [1.807, 2.05) is 24.3 Å². The van der Waals surface area contributed by atoms with E-state index in [1.165, 1.54) is 0 Å². The molecule has 1 aliphatic heterocycles. The highest BCUT2D eigenvalue weighted by atomic mass is 16.5. The van der Waals surface area contributed by atoms with Gasteiger partial charge in [-0.05, 0) is 24.3 Å². The van der Waals surface area contributed by atoms with Crippen LogP contribution in [0.5, 0.6) is 0 Å². The zero-order valence-electron chi connectivity index (χ0n) is 18.8. The number of aliphatic hydroxyl groups is 2. The molecule has 2 aromatic heterocycles. The van der Waals surface area contributed by atoms with Gasteiger partial charge in [0.1, 0.15) is 24.7 Å². The predicted molar refractivity (Wildman–Crippen MR) is 117 cm³/mol. The smallest absolute Gasteiger partial charge is 0.414 e. The zero-order chi connectivity index (χ0) is 24.8. The molecule has 0 saturated carbocycles. The molecule has 4 N–H and O–H groups in total. The highest BCUT2D eigenvalue weighted by Gasteiger charge is 2.21. The summed E-state index contributed by atoms with van der Waals surface area (Å²) in [6, 6.07) is 7.33. The topological polar surface area (TPSA) is 166 Å². The van der Waals surface area contributed by atoms with Crippen molar-refractivity contribution in [3.8, 4) is 0 Å². The fourth-order valence-electron chi connectivity index (χ4n) is 3.24. The van der Waals surface area contributed by atoms with Crippen LogP contribution in [0.4, 0.5) is 0 Å². The van der Waals surface area contributed by atoms with Crippen molar-refractivity contribution in [3.63, 3.8) is 0 Å². The van der Waals surface area contributed by atoms with Crippen LogP contribution in [0.25, 0.3) is 0 Å². The van der Waals surface area contributed by atoms with E-state index in [-0.39, 0.29) is 13.2 Å². The van der Waals surface area contributed by atoms with Gasteiger partial charge in [-0.3, -0.25) is 9.80 Å². The third-order valence-corrected chi connectivity index (χ3v) is 4.86. The van der Waals surface area contributed by atoms with Crippen molar-refractivity contribution in [1.29, 1.82) is 0 Å².